The van der Waals surface area contributed by atoms with Crippen molar-refractivity contribution in [1.29, 1.82) is 0 Å². The van der Waals surface area contributed by atoms with Gasteiger partial charge in [-0.25, -0.2) is 0 Å². The predicted molar refractivity (Wildman–Crippen MR) is 88.6 cm³/mol. The predicted octanol–water partition coefficient (Wildman–Crippen LogP) is 3.27. The first-order chi connectivity index (χ1) is 10.4. The third kappa shape index (κ3) is 3.67. The van der Waals surface area contributed by atoms with Gasteiger partial charge in [-0.2, -0.15) is 0 Å². The lowest BCUT2D eigenvalue weighted by molar-refractivity contribution is -0.138. The summed E-state index contributed by atoms with van der Waals surface area (Å²) in [6.45, 7) is 5.41. The Morgan fingerprint density at radius 3 is 2.41 bits per heavy atom. The summed E-state index contributed by atoms with van der Waals surface area (Å²) in [5.74, 6) is -0.449. The van der Waals surface area contributed by atoms with E-state index in [-0.39, 0.29) is 17.9 Å². The molecule has 0 atom stereocenters. The van der Waals surface area contributed by atoms with Gasteiger partial charge in [-0.15, -0.1) is 0 Å². The Labute approximate surface area is 132 Å². The Morgan fingerprint density at radius 1 is 1.14 bits per heavy atom. The van der Waals surface area contributed by atoms with Crippen LogP contribution in [0.15, 0.2) is 24.3 Å². The third-order valence-corrected chi connectivity index (χ3v) is 4.47. The Hall–Kier alpha value is -1.84. The van der Waals surface area contributed by atoms with Gasteiger partial charge in [-0.3, -0.25) is 9.59 Å². The molecule has 2 N–H and O–H groups in total. The summed E-state index contributed by atoms with van der Waals surface area (Å²) in [6.07, 6.45) is 5.18. The number of nitrogens with one attached hydrogen (secondary N) is 2. The highest BCUT2D eigenvalue weighted by atomic mass is 16.2. The molecular weight excluding hydrogens is 276 g/mol. The number of benzene rings is 1. The van der Waals surface area contributed by atoms with Crippen LogP contribution in [0, 0.1) is 5.41 Å². The molecule has 2 amide bonds. The number of carbonyl (C=O) groups is 2. The van der Waals surface area contributed by atoms with Crippen molar-refractivity contribution < 1.29 is 9.59 Å². The van der Waals surface area contributed by atoms with E-state index in [0.29, 0.717) is 0 Å². The number of hydrogen-bond acceptors (Lipinski definition) is 2. The quantitative estimate of drug-likeness (QED) is 0.820. The number of para-hydroxylation sites is 1. The highest BCUT2D eigenvalue weighted by Gasteiger charge is 2.37. The van der Waals surface area contributed by atoms with Crippen LogP contribution >= 0.6 is 0 Å². The minimum absolute atomic E-state index is 0.189. The van der Waals surface area contributed by atoms with Crippen molar-refractivity contribution in [1.82, 2.24) is 5.32 Å². The molecule has 1 fully saturated rings. The molecule has 0 aromatic heterocycles. The molecule has 120 valence electrons. The highest BCUT2D eigenvalue weighted by molar-refractivity contribution is 6.10. The molecule has 0 saturated heterocycles. The first-order valence-electron chi connectivity index (χ1n) is 8.15. The second-order valence-corrected chi connectivity index (χ2v) is 6.54. The van der Waals surface area contributed by atoms with Crippen molar-refractivity contribution in [3.8, 4) is 0 Å². The van der Waals surface area contributed by atoms with E-state index >= 15 is 0 Å². The number of hydrogen-bond donors (Lipinski definition) is 2. The first kappa shape index (κ1) is 16.5. The van der Waals surface area contributed by atoms with E-state index in [1.54, 1.807) is 13.8 Å². The zero-order valence-electron chi connectivity index (χ0n) is 13.7. The molecule has 1 aromatic rings. The molecule has 1 aliphatic carbocycles. The minimum atomic E-state index is -1.08. The lowest BCUT2D eigenvalue weighted by Gasteiger charge is -2.25. The van der Waals surface area contributed by atoms with E-state index in [1.807, 2.05) is 31.2 Å². The molecule has 1 aliphatic rings. The minimum Gasteiger partial charge on any atom is -0.352 e. The van der Waals surface area contributed by atoms with Crippen LogP contribution in [0.25, 0.3) is 0 Å². The Balaban J connectivity index is 2.04. The highest BCUT2D eigenvalue weighted by Crippen LogP contribution is 2.24. The van der Waals surface area contributed by atoms with Gasteiger partial charge >= 0.3 is 0 Å². The fraction of sp³-hybridized carbons (Fsp3) is 0.556. The zero-order chi connectivity index (χ0) is 16.2. The van der Waals surface area contributed by atoms with Gasteiger partial charge in [0.2, 0.25) is 11.8 Å². The number of aryl methyl sites for hydroxylation is 1. The van der Waals surface area contributed by atoms with E-state index in [4.69, 9.17) is 0 Å². The van der Waals surface area contributed by atoms with E-state index in [0.717, 1.165) is 43.4 Å². The number of carbonyl (C=O) groups excluding carboxylic acids is 2. The van der Waals surface area contributed by atoms with E-state index < -0.39 is 5.41 Å². The molecule has 0 radical (unpaired) electrons. The lowest BCUT2D eigenvalue weighted by atomic mass is 9.90. The van der Waals surface area contributed by atoms with Crippen LogP contribution in [0.4, 0.5) is 5.69 Å². The number of amides is 2. The largest absolute Gasteiger partial charge is 0.352 e. The normalized spacial score (nSPS) is 15.6. The van der Waals surface area contributed by atoms with Crippen LogP contribution in [0.3, 0.4) is 0 Å². The second-order valence-electron chi connectivity index (χ2n) is 6.54. The van der Waals surface area contributed by atoms with Crippen molar-refractivity contribution >= 4 is 17.5 Å². The van der Waals surface area contributed by atoms with Gasteiger partial charge < -0.3 is 10.6 Å². The van der Waals surface area contributed by atoms with Crippen molar-refractivity contribution in [2.24, 2.45) is 5.41 Å². The zero-order valence-corrected chi connectivity index (χ0v) is 13.7. The summed E-state index contributed by atoms with van der Waals surface area (Å²) in [6, 6.07) is 7.93. The Bertz CT molecular complexity index is 546. The van der Waals surface area contributed by atoms with Gasteiger partial charge in [0, 0.05) is 11.7 Å². The van der Waals surface area contributed by atoms with Crippen LogP contribution in [0.5, 0.6) is 0 Å². The molecule has 0 aliphatic heterocycles. The van der Waals surface area contributed by atoms with Crippen molar-refractivity contribution in [2.75, 3.05) is 5.32 Å². The molecule has 2 rings (SSSR count). The molecule has 22 heavy (non-hydrogen) atoms. The van der Waals surface area contributed by atoms with E-state index in [2.05, 4.69) is 10.6 Å². The smallest absolute Gasteiger partial charge is 0.239 e. The lowest BCUT2D eigenvalue weighted by Crippen LogP contribution is -2.48. The SMILES string of the molecule is CCc1ccccc1NC(=O)C(C)(C)C(=O)NC1CCCC1. The van der Waals surface area contributed by atoms with Crippen molar-refractivity contribution in [2.45, 2.75) is 58.9 Å². The number of rotatable bonds is 5. The first-order valence-corrected chi connectivity index (χ1v) is 8.15. The van der Waals surface area contributed by atoms with Gasteiger partial charge in [0.05, 0.1) is 0 Å². The average Bonchev–Trinajstić information content (AvgIpc) is 3.00. The van der Waals surface area contributed by atoms with E-state index in [9.17, 15) is 9.59 Å². The van der Waals surface area contributed by atoms with Gasteiger partial charge in [0.25, 0.3) is 0 Å². The summed E-state index contributed by atoms with van der Waals surface area (Å²) in [4.78, 5) is 25.0. The standard InChI is InChI=1S/C18H26N2O2/c1-4-13-9-5-8-12-15(13)20-17(22)18(2,3)16(21)19-14-10-6-7-11-14/h5,8-9,12,14H,4,6-7,10-11H2,1-3H3,(H,19,21)(H,20,22). The molecule has 0 spiro atoms. The van der Waals surface area contributed by atoms with Crippen LogP contribution < -0.4 is 10.6 Å². The van der Waals surface area contributed by atoms with Crippen molar-refractivity contribution in [3.63, 3.8) is 0 Å². The van der Waals surface area contributed by atoms with Gasteiger partial charge in [-0.1, -0.05) is 38.0 Å². The molecule has 0 bridgehead atoms. The monoisotopic (exact) mass is 302 g/mol. The summed E-state index contributed by atoms with van der Waals surface area (Å²) in [7, 11) is 0. The van der Waals surface area contributed by atoms with Crippen LogP contribution in [0.1, 0.15) is 52.0 Å². The molecule has 4 heteroatoms. The van der Waals surface area contributed by atoms with Gasteiger partial charge in [0.1, 0.15) is 5.41 Å². The van der Waals surface area contributed by atoms with E-state index in [1.165, 1.54) is 0 Å². The summed E-state index contributed by atoms with van der Waals surface area (Å²) in [5, 5.41) is 5.92. The van der Waals surface area contributed by atoms with Crippen LogP contribution in [-0.4, -0.2) is 17.9 Å². The Kier molecular flexibility index (Phi) is 5.22. The molecule has 4 nitrogen and oxygen atoms in total. The van der Waals surface area contributed by atoms with Crippen LogP contribution in [-0.2, 0) is 16.0 Å². The molecule has 1 aromatic carbocycles. The topological polar surface area (TPSA) is 58.2 Å². The maximum absolute atomic E-state index is 12.5. The van der Waals surface area contributed by atoms with Gasteiger partial charge in [0.15, 0.2) is 0 Å². The maximum atomic E-state index is 12.5. The van der Waals surface area contributed by atoms with Gasteiger partial charge in [-0.05, 0) is 44.7 Å². The third-order valence-electron chi connectivity index (χ3n) is 4.47. The fourth-order valence-corrected chi connectivity index (χ4v) is 2.77. The average molecular weight is 302 g/mol. The van der Waals surface area contributed by atoms with Crippen molar-refractivity contribution in [3.05, 3.63) is 29.8 Å². The Morgan fingerprint density at radius 2 is 1.77 bits per heavy atom. The summed E-state index contributed by atoms with van der Waals surface area (Å²) in [5.41, 5.74) is 0.781. The molecule has 1 saturated carbocycles. The second kappa shape index (κ2) is 6.95. The fourth-order valence-electron chi connectivity index (χ4n) is 2.77. The summed E-state index contributed by atoms with van der Waals surface area (Å²) >= 11 is 0. The number of anilines is 1. The molecule has 0 unspecified atom stereocenters. The molecular formula is C18H26N2O2. The summed E-state index contributed by atoms with van der Waals surface area (Å²) < 4.78 is 0. The maximum Gasteiger partial charge on any atom is 0.239 e. The molecule has 0 heterocycles. The van der Waals surface area contributed by atoms with Crippen LogP contribution in [0.2, 0.25) is 0 Å².